The fourth-order valence-electron chi connectivity index (χ4n) is 2.81. The fraction of sp³-hybridized carbons (Fsp3) is 0.800. The van der Waals surface area contributed by atoms with Crippen LogP contribution in [0.5, 0.6) is 0 Å². The van der Waals surface area contributed by atoms with Crippen LogP contribution in [0.1, 0.15) is 40.0 Å². The molecule has 1 aliphatic heterocycles. The van der Waals surface area contributed by atoms with Crippen LogP contribution in [0.3, 0.4) is 0 Å². The lowest BCUT2D eigenvalue weighted by molar-refractivity contribution is -0.144. The van der Waals surface area contributed by atoms with Crippen molar-refractivity contribution >= 4 is 17.8 Å². The van der Waals surface area contributed by atoms with E-state index in [1.807, 2.05) is 13.8 Å². The quantitative estimate of drug-likeness (QED) is 0.792. The lowest BCUT2D eigenvalue weighted by atomic mass is 10.1. The number of likely N-dealkylation sites (tertiary alicyclic amines) is 1. The molecule has 0 spiro atoms. The number of hydrogen-bond acceptors (Lipinski definition) is 3. The van der Waals surface area contributed by atoms with E-state index in [-0.39, 0.29) is 42.8 Å². The minimum absolute atomic E-state index is 0.0189. The summed E-state index contributed by atoms with van der Waals surface area (Å²) in [5.74, 6) is -1.82. The van der Waals surface area contributed by atoms with Gasteiger partial charge in [0.15, 0.2) is 0 Å². The average molecular weight is 296 g/mol. The number of rotatable bonds is 6. The Morgan fingerprint density at radius 3 is 2.38 bits per heavy atom. The molecule has 6 heteroatoms. The third-order valence-electron chi connectivity index (χ3n) is 4.29. The Morgan fingerprint density at radius 2 is 1.95 bits per heavy atom. The predicted octanol–water partition coefficient (Wildman–Crippen LogP) is 0.955. The molecule has 1 heterocycles. The van der Waals surface area contributed by atoms with Gasteiger partial charge >= 0.3 is 5.97 Å². The zero-order valence-corrected chi connectivity index (χ0v) is 12.9. The molecule has 1 aliphatic carbocycles. The van der Waals surface area contributed by atoms with Crippen LogP contribution >= 0.6 is 0 Å². The Balaban J connectivity index is 2.02. The van der Waals surface area contributed by atoms with Crippen LogP contribution < -0.4 is 0 Å². The molecule has 2 unspecified atom stereocenters. The minimum Gasteiger partial charge on any atom is -0.481 e. The van der Waals surface area contributed by atoms with Gasteiger partial charge in [-0.15, -0.1) is 0 Å². The van der Waals surface area contributed by atoms with Crippen LogP contribution in [-0.4, -0.2) is 57.9 Å². The average Bonchev–Trinajstić information content (AvgIpc) is 3.16. The summed E-state index contributed by atoms with van der Waals surface area (Å²) in [6.45, 7) is 6.20. The number of nitrogens with zero attached hydrogens (tertiary/aromatic N) is 2. The van der Waals surface area contributed by atoms with E-state index >= 15 is 0 Å². The number of amides is 2. The first kappa shape index (κ1) is 15.8. The van der Waals surface area contributed by atoms with Gasteiger partial charge in [0.2, 0.25) is 11.8 Å². The highest BCUT2D eigenvalue weighted by Gasteiger charge is 2.42. The Kier molecular flexibility index (Phi) is 4.54. The van der Waals surface area contributed by atoms with Gasteiger partial charge in [-0.25, -0.2) is 0 Å². The first-order chi connectivity index (χ1) is 9.81. The van der Waals surface area contributed by atoms with Crippen LogP contribution in [0, 0.1) is 11.8 Å². The van der Waals surface area contributed by atoms with Crippen LogP contribution in [-0.2, 0) is 14.4 Å². The molecule has 0 aromatic heterocycles. The molecule has 2 rings (SSSR count). The van der Waals surface area contributed by atoms with Crippen molar-refractivity contribution in [1.82, 2.24) is 9.80 Å². The number of hydrogen-bond donors (Lipinski definition) is 1. The molecule has 1 saturated carbocycles. The van der Waals surface area contributed by atoms with Gasteiger partial charge < -0.3 is 14.9 Å². The zero-order valence-electron chi connectivity index (χ0n) is 12.9. The minimum atomic E-state index is -0.889. The second kappa shape index (κ2) is 6.03. The zero-order chi connectivity index (χ0) is 15.7. The normalized spacial score (nSPS) is 23.5. The van der Waals surface area contributed by atoms with Gasteiger partial charge in [-0.2, -0.15) is 0 Å². The van der Waals surface area contributed by atoms with Crippen LogP contribution in [0.2, 0.25) is 0 Å². The third kappa shape index (κ3) is 3.54. The molecule has 2 aliphatic rings. The molecule has 0 bridgehead atoms. The maximum absolute atomic E-state index is 12.7. The molecule has 0 aromatic carbocycles. The highest BCUT2D eigenvalue weighted by molar-refractivity contribution is 5.90. The fourth-order valence-corrected chi connectivity index (χ4v) is 2.81. The smallest absolute Gasteiger partial charge is 0.308 e. The van der Waals surface area contributed by atoms with Gasteiger partial charge in [-0.1, -0.05) is 6.92 Å². The molecule has 2 fully saturated rings. The standard InChI is InChI=1S/C15H24N2O4/c1-9(2)16-8-11(6-13(16)18)14(19)17(12-4-5-12)7-10(3)15(20)21/h9-12H,4-8H2,1-3H3,(H,20,21). The largest absolute Gasteiger partial charge is 0.481 e. The Bertz CT molecular complexity index is 445. The molecule has 1 N–H and O–H groups in total. The lowest BCUT2D eigenvalue weighted by Gasteiger charge is -2.27. The summed E-state index contributed by atoms with van der Waals surface area (Å²) >= 11 is 0. The molecule has 21 heavy (non-hydrogen) atoms. The molecule has 118 valence electrons. The topological polar surface area (TPSA) is 77.9 Å². The van der Waals surface area contributed by atoms with Crippen molar-refractivity contribution in [2.75, 3.05) is 13.1 Å². The van der Waals surface area contributed by atoms with Crippen LogP contribution in [0.4, 0.5) is 0 Å². The molecule has 2 atom stereocenters. The van der Waals surface area contributed by atoms with E-state index in [1.54, 1.807) is 16.7 Å². The van der Waals surface area contributed by atoms with Crippen molar-refractivity contribution in [3.63, 3.8) is 0 Å². The maximum atomic E-state index is 12.7. The van der Waals surface area contributed by atoms with Crippen molar-refractivity contribution < 1.29 is 19.5 Å². The maximum Gasteiger partial charge on any atom is 0.308 e. The number of carbonyl (C=O) groups is 3. The second-order valence-corrected chi connectivity index (χ2v) is 6.50. The summed E-state index contributed by atoms with van der Waals surface area (Å²) in [5.41, 5.74) is 0. The molecule has 2 amide bonds. The summed E-state index contributed by atoms with van der Waals surface area (Å²) in [7, 11) is 0. The summed E-state index contributed by atoms with van der Waals surface area (Å²) in [6, 6.07) is 0.269. The molecule has 0 radical (unpaired) electrons. The van der Waals surface area contributed by atoms with Crippen molar-refractivity contribution in [1.29, 1.82) is 0 Å². The van der Waals surface area contributed by atoms with Gasteiger partial charge in [-0.3, -0.25) is 14.4 Å². The van der Waals surface area contributed by atoms with Gasteiger partial charge in [0.05, 0.1) is 11.8 Å². The monoisotopic (exact) mass is 296 g/mol. The molecule has 1 saturated heterocycles. The summed E-state index contributed by atoms with van der Waals surface area (Å²) in [4.78, 5) is 39.0. The van der Waals surface area contributed by atoms with Crippen molar-refractivity contribution in [2.24, 2.45) is 11.8 Å². The van der Waals surface area contributed by atoms with E-state index < -0.39 is 11.9 Å². The van der Waals surface area contributed by atoms with Crippen LogP contribution in [0.25, 0.3) is 0 Å². The van der Waals surface area contributed by atoms with E-state index in [0.717, 1.165) is 12.8 Å². The summed E-state index contributed by atoms with van der Waals surface area (Å²) in [6.07, 6.45) is 2.13. The summed E-state index contributed by atoms with van der Waals surface area (Å²) < 4.78 is 0. The number of carboxylic acid groups (broad SMARTS) is 1. The van der Waals surface area contributed by atoms with Gasteiger partial charge in [-0.05, 0) is 26.7 Å². The molecular formula is C15H24N2O4. The van der Waals surface area contributed by atoms with Crippen molar-refractivity contribution in [2.45, 2.75) is 52.1 Å². The highest BCUT2D eigenvalue weighted by Crippen LogP contribution is 2.31. The number of aliphatic carboxylic acids is 1. The Labute approximate surface area is 125 Å². The Hall–Kier alpha value is -1.59. The molecule has 6 nitrogen and oxygen atoms in total. The Morgan fingerprint density at radius 1 is 1.33 bits per heavy atom. The predicted molar refractivity (Wildman–Crippen MR) is 76.5 cm³/mol. The first-order valence-corrected chi connectivity index (χ1v) is 7.64. The van der Waals surface area contributed by atoms with Gasteiger partial charge in [0.25, 0.3) is 0 Å². The van der Waals surface area contributed by atoms with E-state index in [9.17, 15) is 14.4 Å². The first-order valence-electron chi connectivity index (χ1n) is 7.64. The van der Waals surface area contributed by atoms with E-state index in [2.05, 4.69) is 0 Å². The van der Waals surface area contributed by atoms with Crippen molar-refractivity contribution in [3.8, 4) is 0 Å². The second-order valence-electron chi connectivity index (χ2n) is 6.50. The van der Waals surface area contributed by atoms with Gasteiger partial charge in [0, 0.05) is 31.6 Å². The molecular weight excluding hydrogens is 272 g/mol. The molecule has 0 aromatic rings. The van der Waals surface area contributed by atoms with E-state index in [1.165, 1.54) is 0 Å². The lowest BCUT2D eigenvalue weighted by Crippen LogP contribution is -2.43. The number of carbonyl (C=O) groups excluding carboxylic acids is 2. The van der Waals surface area contributed by atoms with Gasteiger partial charge in [0.1, 0.15) is 0 Å². The van der Waals surface area contributed by atoms with E-state index in [4.69, 9.17) is 5.11 Å². The van der Waals surface area contributed by atoms with Crippen molar-refractivity contribution in [3.05, 3.63) is 0 Å². The van der Waals surface area contributed by atoms with E-state index in [0.29, 0.717) is 6.54 Å². The highest BCUT2D eigenvalue weighted by atomic mass is 16.4. The SMILES string of the molecule is CC(CN(C(=O)C1CC(=O)N(C(C)C)C1)C1CC1)C(=O)O. The van der Waals surface area contributed by atoms with Crippen LogP contribution in [0.15, 0.2) is 0 Å². The summed E-state index contributed by atoms with van der Waals surface area (Å²) in [5, 5.41) is 9.04. The number of carboxylic acids is 1. The third-order valence-corrected chi connectivity index (χ3v) is 4.29.